The van der Waals surface area contributed by atoms with E-state index in [-0.39, 0.29) is 11.0 Å². The Morgan fingerprint density at radius 3 is 2.00 bits per heavy atom. The van der Waals surface area contributed by atoms with Crippen molar-refractivity contribution in [2.45, 2.75) is 32.4 Å². The van der Waals surface area contributed by atoms with Gasteiger partial charge in [-0.25, -0.2) is 4.79 Å². The molecule has 2 nitrogen and oxygen atoms in total. The Kier molecular flexibility index (Phi) is 4.74. The lowest BCUT2D eigenvalue weighted by atomic mass is 9.84. The standard InChI is InChI=1S/C19H19F3O2/c1-18(2,3)14-9-10-15(16(11-14)19(20,21)22)12-5-7-13(8-6-12)17(23)24-4/h5-11H,1-4H3. The van der Waals surface area contributed by atoms with Crippen molar-refractivity contribution >= 4 is 5.97 Å². The van der Waals surface area contributed by atoms with Crippen LogP contribution in [0.3, 0.4) is 0 Å². The zero-order chi connectivity index (χ0) is 18.1. The molecular weight excluding hydrogens is 317 g/mol. The molecule has 0 N–H and O–H groups in total. The van der Waals surface area contributed by atoms with E-state index >= 15 is 0 Å². The molecule has 0 atom stereocenters. The van der Waals surface area contributed by atoms with Crippen molar-refractivity contribution < 1.29 is 22.7 Å². The van der Waals surface area contributed by atoms with E-state index in [0.717, 1.165) is 0 Å². The second-order valence-electron chi connectivity index (χ2n) is 6.58. The van der Waals surface area contributed by atoms with Gasteiger partial charge >= 0.3 is 12.1 Å². The summed E-state index contributed by atoms with van der Waals surface area (Å²) in [6.45, 7) is 5.61. The van der Waals surface area contributed by atoms with Crippen molar-refractivity contribution in [2.75, 3.05) is 7.11 Å². The minimum atomic E-state index is -4.46. The van der Waals surface area contributed by atoms with Crippen LogP contribution in [0.4, 0.5) is 13.2 Å². The monoisotopic (exact) mass is 336 g/mol. The molecule has 0 unspecified atom stereocenters. The summed E-state index contributed by atoms with van der Waals surface area (Å²) in [6, 6.07) is 10.3. The van der Waals surface area contributed by atoms with Crippen molar-refractivity contribution in [3.8, 4) is 11.1 Å². The van der Waals surface area contributed by atoms with Gasteiger partial charge in [0.25, 0.3) is 0 Å². The van der Waals surface area contributed by atoms with Crippen LogP contribution in [-0.4, -0.2) is 13.1 Å². The molecule has 0 saturated heterocycles. The van der Waals surface area contributed by atoms with Gasteiger partial charge in [-0.15, -0.1) is 0 Å². The molecule has 128 valence electrons. The third-order valence-electron chi connectivity index (χ3n) is 3.81. The highest BCUT2D eigenvalue weighted by molar-refractivity contribution is 5.90. The highest BCUT2D eigenvalue weighted by atomic mass is 19.4. The number of methoxy groups -OCH3 is 1. The van der Waals surface area contributed by atoms with Crippen molar-refractivity contribution in [2.24, 2.45) is 0 Å². The molecule has 0 aromatic heterocycles. The number of halogens is 3. The van der Waals surface area contributed by atoms with Gasteiger partial charge in [0.15, 0.2) is 0 Å². The lowest BCUT2D eigenvalue weighted by Crippen LogP contribution is -2.15. The van der Waals surface area contributed by atoms with E-state index in [0.29, 0.717) is 16.7 Å². The highest BCUT2D eigenvalue weighted by Gasteiger charge is 2.34. The van der Waals surface area contributed by atoms with Gasteiger partial charge < -0.3 is 4.74 Å². The van der Waals surface area contributed by atoms with Gasteiger partial charge in [0.2, 0.25) is 0 Å². The van der Waals surface area contributed by atoms with E-state index < -0.39 is 17.7 Å². The predicted molar refractivity (Wildman–Crippen MR) is 86.9 cm³/mol. The molecule has 0 heterocycles. The summed E-state index contributed by atoms with van der Waals surface area (Å²) < 4.78 is 45.1. The first-order chi connectivity index (χ1) is 11.0. The van der Waals surface area contributed by atoms with Crippen LogP contribution < -0.4 is 0 Å². The van der Waals surface area contributed by atoms with E-state index in [4.69, 9.17) is 0 Å². The van der Waals surface area contributed by atoms with Gasteiger partial charge in [-0.05, 0) is 40.3 Å². The molecule has 5 heteroatoms. The Balaban J connectivity index is 2.55. The highest BCUT2D eigenvalue weighted by Crippen LogP contribution is 2.39. The minimum Gasteiger partial charge on any atom is -0.465 e. The Morgan fingerprint density at radius 1 is 0.958 bits per heavy atom. The van der Waals surface area contributed by atoms with Crippen molar-refractivity contribution in [3.63, 3.8) is 0 Å². The van der Waals surface area contributed by atoms with Gasteiger partial charge in [-0.2, -0.15) is 13.2 Å². The first kappa shape index (κ1) is 18.0. The number of carbonyl (C=O) groups excluding carboxylic acids is 1. The lowest BCUT2D eigenvalue weighted by Gasteiger charge is -2.22. The summed E-state index contributed by atoms with van der Waals surface area (Å²) >= 11 is 0. The van der Waals surface area contributed by atoms with Gasteiger partial charge in [-0.3, -0.25) is 0 Å². The minimum absolute atomic E-state index is 0.0897. The number of rotatable bonds is 2. The smallest absolute Gasteiger partial charge is 0.417 e. The van der Waals surface area contributed by atoms with E-state index in [1.54, 1.807) is 6.07 Å². The Bertz CT molecular complexity index is 739. The van der Waals surface area contributed by atoms with E-state index in [2.05, 4.69) is 4.74 Å². The van der Waals surface area contributed by atoms with Crippen LogP contribution in [0.15, 0.2) is 42.5 Å². The van der Waals surface area contributed by atoms with Crippen molar-refractivity contribution in [1.29, 1.82) is 0 Å². The van der Waals surface area contributed by atoms with Gasteiger partial charge in [0.1, 0.15) is 0 Å². The van der Waals surface area contributed by atoms with E-state index in [9.17, 15) is 18.0 Å². The molecule has 0 aliphatic rings. The summed E-state index contributed by atoms with van der Waals surface area (Å²) in [5.74, 6) is -0.527. The quantitative estimate of drug-likeness (QED) is 0.681. The van der Waals surface area contributed by atoms with Crippen LogP contribution in [-0.2, 0) is 16.3 Å². The number of alkyl halides is 3. The molecule has 0 fully saturated rings. The van der Waals surface area contributed by atoms with Gasteiger partial charge in [-0.1, -0.05) is 45.0 Å². The Hall–Kier alpha value is -2.30. The summed E-state index contributed by atoms with van der Waals surface area (Å²) in [7, 11) is 1.25. The topological polar surface area (TPSA) is 26.3 Å². The maximum absolute atomic E-state index is 13.5. The molecule has 0 bridgehead atoms. The molecule has 0 spiro atoms. The molecule has 0 amide bonds. The maximum atomic E-state index is 13.5. The fourth-order valence-corrected chi connectivity index (χ4v) is 2.40. The number of hydrogen-bond acceptors (Lipinski definition) is 2. The fourth-order valence-electron chi connectivity index (χ4n) is 2.40. The Labute approximate surface area is 139 Å². The maximum Gasteiger partial charge on any atom is 0.417 e. The Morgan fingerprint density at radius 2 is 1.54 bits per heavy atom. The van der Waals surface area contributed by atoms with Gasteiger partial charge in [0, 0.05) is 0 Å². The van der Waals surface area contributed by atoms with Crippen LogP contribution in [0.25, 0.3) is 11.1 Å². The average Bonchev–Trinajstić information content (AvgIpc) is 2.52. The SMILES string of the molecule is COC(=O)c1ccc(-c2ccc(C(C)(C)C)cc2C(F)(F)F)cc1. The molecule has 2 aromatic rings. The van der Waals surface area contributed by atoms with Crippen molar-refractivity contribution in [1.82, 2.24) is 0 Å². The van der Waals surface area contributed by atoms with Gasteiger partial charge in [0.05, 0.1) is 18.2 Å². The summed E-state index contributed by atoms with van der Waals surface area (Å²) in [4.78, 5) is 11.4. The fraction of sp³-hybridized carbons (Fsp3) is 0.316. The molecule has 0 radical (unpaired) electrons. The van der Waals surface area contributed by atoms with Crippen LogP contribution in [0.2, 0.25) is 0 Å². The average molecular weight is 336 g/mol. The normalized spacial score (nSPS) is 12.1. The molecule has 2 aromatic carbocycles. The summed E-state index contributed by atoms with van der Waals surface area (Å²) in [5.41, 5.74) is 0.335. The zero-order valence-corrected chi connectivity index (χ0v) is 14.0. The molecule has 24 heavy (non-hydrogen) atoms. The first-order valence-corrected chi connectivity index (χ1v) is 7.44. The number of benzene rings is 2. The molecular formula is C19H19F3O2. The molecule has 2 rings (SSSR count). The number of carbonyl (C=O) groups is 1. The number of esters is 1. The van der Waals surface area contributed by atoms with Crippen molar-refractivity contribution in [3.05, 3.63) is 59.2 Å². The second kappa shape index (κ2) is 6.30. The largest absolute Gasteiger partial charge is 0.465 e. The third-order valence-corrected chi connectivity index (χ3v) is 3.81. The summed E-state index contributed by atoms with van der Waals surface area (Å²) in [6.07, 6.45) is -4.46. The van der Waals surface area contributed by atoms with Crippen LogP contribution >= 0.6 is 0 Å². The third kappa shape index (κ3) is 3.78. The molecule has 0 saturated carbocycles. The van der Waals surface area contributed by atoms with Crippen LogP contribution in [0.5, 0.6) is 0 Å². The van der Waals surface area contributed by atoms with Crippen LogP contribution in [0.1, 0.15) is 42.3 Å². The van der Waals surface area contributed by atoms with Crippen LogP contribution in [0, 0.1) is 0 Å². The molecule has 0 aliphatic heterocycles. The zero-order valence-electron chi connectivity index (χ0n) is 14.0. The number of hydrogen-bond donors (Lipinski definition) is 0. The molecule has 0 aliphatic carbocycles. The van der Waals surface area contributed by atoms with E-state index in [1.165, 1.54) is 43.5 Å². The summed E-state index contributed by atoms with van der Waals surface area (Å²) in [5, 5.41) is 0. The second-order valence-corrected chi connectivity index (χ2v) is 6.58. The number of ether oxygens (including phenoxy) is 1. The lowest BCUT2D eigenvalue weighted by molar-refractivity contribution is -0.137. The predicted octanol–water partition coefficient (Wildman–Crippen LogP) is 5.46. The van der Waals surface area contributed by atoms with E-state index in [1.807, 2.05) is 20.8 Å². The first-order valence-electron chi connectivity index (χ1n) is 7.44.